The van der Waals surface area contributed by atoms with Gasteiger partial charge in [-0.25, -0.2) is 8.42 Å². The van der Waals surface area contributed by atoms with Gasteiger partial charge in [0.1, 0.15) is 0 Å². The Morgan fingerprint density at radius 1 is 1.20 bits per heavy atom. The quantitative estimate of drug-likeness (QED) is 0.781. The van der Waals surface area contributed by atoms with Crippen molar-refractivity contribution in [2.75, 3.05) is 12.3 Å². The molecular formula is C14H21Cl2NO2S. The molecule has 0 amide bonds. The van der Waals surface area contributed by atoms with Crippen LogP contribution in [0.2, 0.25) is 10.0 Å². The standard InChI is InChI=1S/C14H21Cl2NO2S/c1-3-11(17-4-2)6-5-9-20(18,19)12-7-8-13(15)14(16)10-12/h7-8,10-11,17H,3-6,9H2,1-2H3. The Kier molecular flexibility index (Phi) is 7.30. The van der Waals surface area contributed by atoms with Gasteiger partial charge in [-0.1, -0.05) is 37.0 Å². The number of halogens is 2. The average Bonchev–Trinajstić information content (AvgIpc) is 2.40. The summed E-state index contributed by atoms with van der Waals surface area (Å²) in [5.41, 5.74) is 0. The Hall–Kier alpha value is -0.290. The number of sulfone groups is 1. The van der Waals surface area contributed by atoms with Crippen molar-refractivity contribution in [2.24, 2.45) is 0 Å². The van der Waals surface area contributed by atoms with E-state index >= 15 is 0 Å². The summed E-state index contributed by atoms with van der Waals surface area (Å²) in [6.45, 7) is 5.05. The molecule has 20 heavy (non-hydrogen) atoms. The van der Waals surface area contributed by atoms with Crippen molar-refractivity contribution in [2.45, 2.75) is 44.0 Å². The summed E-state index contributed by atoms with van der Waals surface area (Å²) in [5.74, 6) is 0.132. The summed E-state index contributed by atoms with van der Waals surface area (Å²) in [7, 11) is -3.29. The maximum atomic E-state index is 12.2. The van der Waals surface area contributed by atoms with Crippen molar-refractivity contribution < 1.29 is 8.42 Å². The third kappa shape index (κ3) is 5.24. The maximum Gasteiger partial charge on any atom is 0.178 e. The molecule has 0 fully saturated rings. The molecular weight excluding hydrogens is 317 g/mol. The summed E-state index contributed by atoms with van der Waals surface area (Å²) in [6, 6.07) is 4.82. The van der Waals surface area contributed by atoms with E-state index in [4.69, 9.17) is 23.2 Å². The lowest BCUT2D eigenvalue weighted by Crippen LogP contribution is -2.28. The van der Waals surface area contributed by atoms with Crippen LogP contribution in [-0.4, -0.2) is 26.8 Å². The zero-order valence-corrected chi connectivity index (χ0v) is 14.2. The second kappa shape index (κ2) is 8.23. The van der Waals surface area contributed by atoms with Crippen molar-refractivity contribution >= 4 is 33.0 Å². The van der Waals surface area contributed by atoms with Crippen molar-refractivity contribution in [3.8, 4) is 0 Å². The van der Waals surface area contributed by atoms with Gasteiger partial charge in [-0.15, -0.1) is 0 Å². The molecule has 0 aliphatic carbocycles. The average molecular weight is 338 g/mol. The second-order valence-electron chi connectivity index (χ2n) is 4.70. The summed E-state index contributed by atoms with van der Waals surface area (Å²) in [4.78, 5) is 0.239. The van der Waals surface area contributed by atoms with Gasteiger partial charge in [-0.3, -0.25) is 0 Å². The van der Waals surface area contributed by atoms with Crippen LogP contribution in [0, 0.1) is 0 Å². The van der Waals surface area contributed by atoms with Gasteiger partial charge in [0, 0.05) is 6.04 Å². The van der Waals surface area contributed by atoms with E-state index in [1.54, 1.807) is 0 Å². The molecule has 0 aromatic heterocycles. The molecule has 0 aliphatic rings. The largest absolute Gasteiger partial charge is 0.314 e. The molecule has 0 saturated carbocycles. The SMILES string of the molecule is CCNC(CC)CCCS(=O)(=O)c1ccc(Cl)c(Cl)c1. The summed E-state index contributed by atoms with van der Waals surface area (Å²) < 4.78 is 24.4. The lowest BCUT2D eigenvalue weighted by Gasteiger charge is -2.15. The van der Waals surface area contributed by atoms with Crippen molar-refractivity contribution in [3.05, 3.63) is 28.2 Å². The molecule has 114 valence electrons. The number of hydrogen-bond donors (Lipinski definition) is 1. The van der Waals surface area contributed by atoms with Gasteiger partial charge in [-0.05, 0) is 44.0 Å². The fraction of sp³-hybridized carbons (Fsp3) is 0.571. The van der Waals surface area contributed by atoms with Gasteiger partial charge in [0.05, 0.1) is 20.7 Å². The molecule has 1 aromatic rings. The Labute approximate surface area is 131 Å². The van der Waals surface area contributed by atoms with Crippen LogP contribution < -0.4 is 5.32 Å². The highest BCUT2D eigenvalue weighted by molar-refractivity contribution is 7.91. The normalized spacial score (nSPS) is 13.4. The minimum absolute atomic E-state index is 0.132. The second-order valence-corrected chi connectivity index (χ2v) is 7.62. The van der Waals surface area contributed by atoms with E-state index < -0.39 is 9.84 Å². The zero-order valence-electron chi connectivity index (χ0n) is 11.8. The lowest BCUT2D eigenvalue weighted by atomic mass is 10.1. The third-order valence-corrected chi connectivity index (χ3v) is 5.74. The van der Waals surface area contributed by atoms with E-state index in [0.717, 1.165) is 19.4 Å². The number of rotatable bonds is 8. The Morgan fingerprint density at radius 2 is 1.90 bits per heavy atom. The Bertz CT molecular complexity index is 532. The first-order chi connectivity index (χ1) is 9.40. The molecule has 1 aromatic carbocycles. The van der Waals surface area contributed by atoms with Gasteiger partial charge >= 0.3 is 0 Å². The van der Waals surface area contributed by atoms with Crippen molar-refractivity contribution in [1.82, 2.24) is 5.32 Å². The fourth-order valence-corrected chi connectivity index (χ4v) is 3.77. The summed E-state index contributed by atoms with van der Waals surface area (Å²) in [6.07, 6.45) is 2.49. The molecule has 0 spiro atoms. The van der Waals surface area contributed by atoms with E-state index in [1.807, 2.05) is 0 Å². The number of benzene rings is 1. The smallest absolute Gasteiger partial charge is 0.178 e. The topological polar surface area (TPSA) is 46.2 Å². The van der Waals surface area contributed by atoms with Crippen LogP contribution in [0.15, 0.2) is 23.1 Å². The summed E-state index contributed by atoms with van der Waals surface area (Å²) in [5, 5.41) is 3.98. The van der Waals surface area contributed by atoms with E-state index in [0.29, 0.717) is 17.5 Å². The highest BCUT2D eigenvalue weighted by Crippen LogP contribution is 2.25. The van der Waals surface area contributed by atoms with Crippen LogP contribution in [0.25, 0.3) is 0 Å². The first kappa shape index (κ1) is 17.8. The predicted octanol–water partition coefficient (Wildman–Crippen LogP) is 3.94. The molecule has 0 saturated heterocycles. The van der Waals surface area contributed by atoms with Crippen LogP contribution in [0.3, 0.4) is 0 Å². The Morgan fingerprint density at radius 3 is 2.45 bits per heavy atom. The molecule has 0 bridgehead atoms. The van der Waals surface area contributed by atoms with Gasteiger partial charge in [0.15, 0.2) is 9.84 Å². The van der Waals surface area contributed by atoms with Crippen LogP contribution >= 0.6 is 23.2 Å². The number of nitrogens with one attached hydrogen (secondary N) is 1. The first-order valence-electron chi connectivity index (χ1n) is 6.82. The highest BCUT2D eigenvalue weighted by Gasteiger charge is 2.16. The Balaban J connectivity index is 2.63. The minimum atomic E-state index is -3.29. The predicted molar refractivity (Wildman–Crippen MR) is 85.5 cm³/mol. The molecule has 0 heterocycles. The zero-order chi connectivity index (χ0) is 15.2. The van der Waals surface area contributed by atoms with Crippen molar-refractivity contribution in [3.63, 3.8) is 0 Å². The molecule has 0 aliphatic heterocycles. The molecule has 1 unspecified atom stereocenters. The molecule has 6 heteroatoms. The van der Waals surface area contributed by atoms with Gasteiger partial charge in [0.25, 0.3) is 0 Å². The maximum absolute atomic E-state index is 12.2. The third-order valence-electron chi connectivity index (χ3n) is 3.20. The first-order valence-corrected chi connectivity index (χ1v) is 9.22. The van der Waals surface area contributed by atoms with Crippen LogP contribution in [0.4, 0.5) is 0 Å². The van der Waals surface area contributed by atoms with Crippen LogP contribution in [-0.2, 0) is 9.84 Å². The molecule has 1 N–H and O–H groups in total. The van der Waals surface area contributed by atoms with E-state index in [2.05, 4.69) is 19.2 Å². The molecule has 3 nitrogen and oxygen atoms in total. The van der Waals surface area contributed by atoms with E-state index in [9.17, 15) is 8.42 Å². The van der Waals surface area contributed by atoms with E-state index in [-0.39, 0.29) is 15.7 Å². The van der Waals surface area contributed by atoms with Crippen LogP contribution in [0.5, 0.6) is 0 Å². The molecule has 1 rings (SSSR count). The molecule has 0 radical (unpaired) electrons. The van der Waals surface area contributed by atoms with Crippen molar-refractivity contribution in [1.29, 1.82) is 0 Å². The fourth-order valence-electron chi connectivity index (χ4n) is 2.05. The lowest BCUT2D eigenvalue weighted by molar-refractivity contribution is 0.475. The van der Waals surface area contributed by atoms with Gasteiger partial charge in [0.2, 0.25) is 0 Å². The molecule has 1 atom stereocenters. The highest BCUT2D eigenvalue weighted by atomic mass is 35.5. The summed E-state index contributed by atoms with van der Waals surface area (Å²) >= 11 is 11.7. The van der Waals surface area contributed by atoms with Gasteiger partial charge in [-0.2, -0.15) is 0 Å². The monoisotopic (exact) mass is 337 g/mol. The van der Waals surface area contributed by atoms with Crippen LogP contribution in [0.1, 0.15) is 33.1 Å². The van der Waals surface area contributed by atoms with Gasteiger partial charge < -0.3 is 5.32 Å². The number of hydrogen-bond acceptors (Lipinski definition) is 3. The minimum Gasteiger partial charge on any atom is -0.314 e. The van der Waals surface area contributed by atoms with E-state index in [1.165, 1.54) is 18.2 Å².